The van der Waals surface area contributed by atoms with E-state index in [4.69, 9.17) is 0 Å². The lowest BCUT2D eigenvalue weighted by Gasteiger charge is -2.20. The van der Waals surface area contributed by atoms with Crippen LogP contribution in [0.25, 0.3) is 22.3 Å². The maximum Gasteiger partial charge on any atom is 0.270 e. The van der Waals surface area contributed by atoms with Crippen LogP contribution in [0.5, 0.6) is 0 Å². The summed E-state index contributed by atoms with van der Waals surface area (Å²) in [6, 6.07) is 4.26. The maximum atomic E-state index is 12.7. The van der Waals surface area contributed by atoms with Crippen molar-refractivity contribution in [3.05, 3.63) is 36.5 Å². The smallest absolute Gasteiger partial charge is 0.270 e. The van der Waals surface area contributed by atoms with Gasteiger partial charge in [-0.2, -0.15) is 0 Å². The summed E-state index contributed by atoms with van der Waals surface area (Å²) in [6.45, 7) is 1.57. The fourth-order valence-corrected chi connectivity index (χ4v) is 3.28. The minimum absolute atomic E-state index is 0. The average molecular weight is 328 g/mol. The van der Waals surface area contributed by atoms with Gasteiger partial charge in [0.05, 0.1) is 5.69 Å². The summed E-state index contributed by atoms with van der Waals surface area (Å²) < 4.78 is 0. The van der Waals surface area contributed by atoms with E-state index in [1.54, 1.807) is 0 Å². The molecule has 24 heavy (non-hydrogen) atoms. The van der Waals surface area contributed by atoms with Gasteiger partial charge in [-0.05, 0) is 32.6 Å². The minimum Gasteiger partial charge on any atom is -0.357 e. The van der Waals surface area contributed by atoms with Crippen molar-refractivity contribution in [1.29, 1.82) is 0 Å². The molecule has 0 radical (unpaired) electrons. The number of hydrogen-bond donors (Lipinski definition) is 2. The van der Waals surface area contributed by atoms with Gasteiger partial charge in [0.25, 0.3) is 5.91 Å². The van der Waals surface area contributed by atoms with Crippen LogP contribution >= 0.6 is 0 Å². The van der Waals surface area contributed by atoms with E-state index in [0.29, 0.717) is 11.7 Å². The van der Waals surface area contributed by atoms with Crippen molar-refractivity contribution in [1.82, 2.24) is 29.7 Å². The highest BCUT2D eigenvalue weighted by molar-refractivity contribution is 5.96. The van der Waals surface area contributed by atoms with Crippen LogP contribution in [0, 0.1) is 0 Å². The number of amides is 1. The molecule has 0 saturated carbocycles. The molecule has 4 rings (SSSR count). The van der Waals surface area contributed by atoms with E-state index in [0.717, 1.165) is 41.8 Å². The van der Waals surface area contributed by atoms with Crippen molar-refractivity contribution < 1.29 is 7.65 Å². The Hall–Kier alpha value is -2.67. The van der Waals surface area contributed by atoms with Crippen LogP contribution in [-0.4, -0.2) is 68.9 Å². The van der Waals surface area contributed by atoms with Crippen molar-refractivity contribution in [2.75, 3.05) is 27.2 Å². The monoisotopic (exact) mass is 328 g/mol. The molecular weight excluding hydrogens is 304 g/mol. The summed E-state index contributed by atoms with van der Waals surface area (Å²) in [4.78, 5) is 31.6. The zero-order chi connectivity index (χ0) is 16.7. The highest BCUT2D eigenvalue weighted by Gasteiger charge is 2.28. The Balaban J connectivity index is 0.00000121. The maximum absolute atomic E-state index is 12.7. The Morgan fingerprint density at radius 3 is 3.04 bits per heavy atom. The first-order chi connectivity index (χ1) is 11.6. The van der Waals surface area contributed by atoms with E-state index in [1.165, 1.54) is 6.33 Å². The number of carbonyl (C=O) groups is 1. The van der Waals surface area contributed by atoms with Gasteiger partial charge >= 0.3 is 0 Å². The molecule has 1 unspecified atom stereocenters. The molecule has 0 aromatic carbocycles. The van der Waals surface area contributed by atoms with Gasteiger partial charge < -0.3 is 19.8 Å². The average Bonchev–Trinajstić information content (AvgIpc) is 3.32. The van der Waals surface area contributed by atoms with Gasteiger partial charge in [-0.3, -0.25) is 4.79 Å². The fourth-order valence-electron chi connectivity index (χ4n) is 3.28. The number of hydrogen-bond acceptors (Lipinski definition) is 4. The number of rotatable bonds is 3. The number of nitrogens with zero attached hydrogens (tertiary/aromatic N) is 4. The lowest BCUT2D eigenvalue weighted by molar-refractivity contribution is 0.0778. The number of aromatic nitrogens is 4. The van der Waals surface area contributed by atoms with E-state index in [1.807, 2.05) is 29.4 Å². The molecular formula is C17H24N6O. The van der Waals surface area contributed by atoms with Gasteiger partial charge in [-0.25, -0.2) is 9.97 Å². The van der Waals surface area contributed by atoms with Gasteiger partial charge in [-0.15, -0.1) is 0 Å². The first-order valence-electron chi connectivity index (χ1n) is 8.06. The summed E-state index contributed by atoms with van der Waals surface area (Å²) in [5.41, 5.74) is 3.12. The largest absolute Gasteiger partial charge is 0.357 e. The summed E-state index contributed by atoms with van der Waals surface area (Å²) >= 11 is 0. The molecule has 1 saturated heterocycles. The molecule has 1 amide bonds. The Morgan fingerprint density at radius 1 is 1.38 bits per heavy atom. The van der Waals surface area contributed by atoms with Crippen molar-refractivity contribution >= 4 is 16.9 Å². The summed E-state index contributed by atoms with van der Waals surface area (Å²) in [7, 11) is 4.12. The molecule has 7 heteroatoms. The molecule has 1 aliphatic rings. The standard InChI is InChI=1S/C17H20N6O.2H2/c1-22(2)12-4-6-23(9-12)17(24)14-7-11(8-19-14)15-13-3-5-18-16(13)21-10-20-15;;/h3,5,7-8,10,12,19H,4,6,9H2,1-2H3,(H,18,20,21);2*1H. The molecule has 0 spiro atoms. The predicted octanol–water partition coefficient (Wildman–Crippen LogP) is 2.22. The molecule has 3 aromatic heterocycles. The molecule has 128 valence electrons. The van der Waals surface area contributed by atoms with Gasteiger partial charge in [0.1, 0.15) is 17.7 Å². The number of likely N-dealkylation sites (N-methyl/N-ethyl adjacent to an activating group) is 1. The van der Waals surface area contributed by atoms with Crippen molar-refractivity contribution in [3.8, 4) is 11.3 Å². The number of likely N-dealkylation sites (tertiary alicyclic amines) is 1. The molecule has 2 N–H and O–H groups in total. The highest BCUT2D eigenvalue weighted by atomic mass is 16.2. The van der Waals surface area contributed by atoms with Gasteiger partial charge in [0.15, 0.2) is 0 Å². The third-order valence-electron chi connectivity index (χ3n) is 4.72. The zero-order valence-electron chi connectivity index (χ0n) is 13.8. The van der Waals surface area contributed by atoms with Gasteiger partial charge in [0, 0.05) is 45.3 Å². The number of H-pyrrole nitrogens is 2. The van der Waals surface area contributed by atoms with Crippen LogP contribution < -0.4 is 0 Å². The van der Waals surface area contributed by atoms with Crippen molar-refractivity contribution in [2.45, 2.75) is 12.5 Å². The van der Waals surface area contributed by atoms with Gasteiger partial charge in [0.2, 0.25) is 0 Å². The lowest BCUT2D eigenvalue weighted by Crippen LogP contribution is -2.34. The third kappa shape index (κ3) is 2.46. The van der Waals surface area contributed by atoms with Gasteiger partial charge in [-0.1, -0.05) is 0 Å². The van der Waals surface area contributed by atoms with Crippen LogP contribution in [0.1, 0.15) is 19.8 Å². The van der Waals surface area contributed by atoms with E-state index < -0.39 is 0 Å². The molecule has 3 aromatic rings. The first-order valence-corrected chi connectivity index (χ1v) is 8.06. The SMILES string of the molecule is CN(C)C1CCN(C(=O)c2cc(-c3ncnc4[nH]ccc34)c[nH]2)C1.[HH].[HH]. The number of nitrogens with one attached hydrogen (secondary N) is 2. The lowest BCUT2D eigenvalue weighted by atomic mass is 10.1. The Morgan fingerprint density at radius 2 is 2.25 bits per heavy atom. The second-order valence-corrected chi connectivity index (χ2v) is 6.42. The van der Waals surface area contributed by atoms with Crippen LogP contribution in [0.4, 0.5) is 0 Å². The second kappa shape index (κ2) is 5.76. The highest BCUT2D eigenvalue weighted by Crippen LogP contribution is 2.26. The van der Waals surface area contributed by atoms with Crippen LogP contribution in [0.2, 0.25) is 0 Å². The van der Waals surface area contributed by atoms with Crippen LogP contribution in [-0.2, 0) is 0 Å². The van der Waals surface area contributed by atoms with E-state index in [9.17, 15) is 4.79 Å². The third-order valence-corrected chi connectivity index (χ3v) is 4.72. The Labute approximate surface area is 142 Å². The zero-order valence-corrected chi connectivity index (χ0v) is 13.8. The van der Waals surface area contributed by atoms with E-state index in [-0.39, 0.29) is 8.76 Å². The second-order valence-electron chi connectivity index (χ2n) is 6.42. The topological polar surface area (TPSA) is 80.9 Å². The van der Waals surface area contributed by atoms with Crippen LogP contribution in [0.3, 0.4) is 0 Å². The molecule has 1 atom stereocenters. The minimum atomic E-state index is 0. The summed E-state index contributed by atoms with van der Waals surface area (Å²) in [5.74, 6) is 0.0463. The normalized spacial score (nSPS) is 18.0. The number of carbonyl (C=O) groups excluding carboxylic acids is 1. The Bertz CT molecular complexity index is 890. The van der Waals surface area contributed by atoms with Crippen molar-refractivity contribution in [2.24, 2.45) is 0 Å². The molecule has 1 aliphatic heterocycles. The molecule has 7 nitrogen and oxygen atoms in total. The quantitative estimate of drug-likeness (QED) is 0.772. The van der Waals surface area contributed by atoms with E-state index in [2.05, 4.69) is 38.9 Å². The summed E-state index contributed by atoms with van der Waals surface area (Å²) in [5, 5.41) is 0.948. The molecule has 0 aliphatic carbocycles. The number of aromatic amines is 2. The predicted molar refractivity (Wildman–Crippen MR) is 95.9 cm³/mol. The Kier molecular flexibility index (Phi) is 3.57. The van der Waals surface area contributed by atoms with Crippen molar-refractivity contribution in [3.63, 3.8) is 0 Å². The summed E-state index contributed by atoms with van der Waals surface area (Å²) in [6.07, 6.45) is 6.22. The number of fused-ring (bicyclic) bond motifs is 1. The fraction of sp³-hybridized carbons (Fsp3) is 0.353. The molecule has 0 bridgehead atoms. The molecule has 4 heterocycles. The van der Waals surface area contributed by atoms with E-state index >= 15 is 0 Å². The molecule has 1 fully saturated rings. The first kappa shape index (κ1) is 14.9. The van der Waals surface area contributed by atoms with Crippen LogP contribution in [0.15, 0.2) is 30.9 Å².